The van der Waals surface area contributed by atoms with E-state index in [9.17, 15) is 4.79 Å². The number of amides is 1. The van der Waals surface area contributed by atoms with Crippen molar-refractivity contribution in [2.45, 2.75) is 25.5 Å². The third-order valence-corrected chi connectivity index (χ3v) is 4.42. The second-order valence-electron chi connectivity index (χ2n) is 6.29. The average molecular weight is 324 g/mol. The van der Waals surface area contributed by atoms with Gasteiger partial charge in [-0.25, -0.2) is 0 Å². The summed E-state index contributed by atoms with van der Waals surface area (Å²) in [5, 5.41) is 0. The molecule has 2 atom stereocenters. The normalized spacial score (nSPS) is 19.6. The van der Waals surface area contributed by atoms with Gasteiger partial charge in [-0.1, -0.05) is 42.5 Å². The fourth-order valence-electron chi connectivity index (χ4n) is 2.99. The Morgan fingerprint density at radius 3 is 2.54 bits per heavy atom. The lowest BCUT2D eigenvalue weighted by molar-refractivity contribution is 0.0472. The third kappa shape index (κ3) is 3.83. The highest BCUT2D eigenvalue weighted by molar-refractivity contribution is 5.94. The van der Waals surface area contributed by atoms with E-state index in [-0.39, 0.29) is 18.1 Å². The van der Waals surface area contributed by atoms with Crippen LogP contribution in [0.25, 0.3) is 0 Å². The molecule has 4 nitrogen and oxygen atoms in total. The molecule has 0 radical (unpaired) electrons. The van der Waals surface area contributed by atoms with Crippen LogP contribution in [0.15, 0.2) is 54.6 Å². The molecule has 1 amide bonds. The molecular weight excluding hydrogens is 300 g/mol. The lowest BCUT2D eigenvalue weighted by atomic mass is 10.1. The van der Waals surface area contributed by atoms with Gasteiger partial charge in [0.2, 0.25) is 0 Å². The summed E-state index contributed by atoms with van der Waals surface area (Å²) in [4.78, 5) is 14.7. The predicted octanol–water partition coefficient (Wildman–Crippen LogP) is 3.31. The Morgan fingerprint density at radius 1 is 1.17 bits per heavy atom. The molecule has 1 aliphatic rings. The van der Waals surface area contributed by atoms with Gasteiger partial charge in [-0.05, 0) is 36.6 Å². The summed E-state index contributed by atoms with van der Waals surface area (Å²) in [6.45, 7) is 3.91. The minimum Gasteiger partial charge on any atom is -0.372 e. The maximum Gasteiger partial charge on any atom is 0.253 e. The van der Waals surface area contributed by atoms with Gasteiger partial charge in [-0.15, -0.1) is 0 Å². The molecule has 0 saturated carbocycles. The van der Waals surface area contributed by atoms with E-state index in [1.54, 1.807) is 0 Å². The molecule has 2 aromatic rings. The van der Waals surface area contributed by atoms with E-state index in [1.807, 2.05) is 54.3 Å². The standard InChI is InChI=1S/C20H24N2O2/c1-15(21)16-8-10-18(11-9-16)20(23)22-12-5-13-24-19(14-22)17-6-3-2-4-7-17/h2-4,6-11,15,19H,5,12-14,21H2,1H3. The number of rotatable bonds is 3. The van der Waals surface area contributed by atoms with E-state index in [0.29, 0.717) is 18.7 Å². The fraction of sp³-hybridized carbons (Fsp3) is 0.350. The van der Waals surface area contributed by atoms with Crippen LogP contribution in [0.5, 0.6) is 0 Å². The molecule has 2 N–H and O–H groups in total. The monoisotopic (exact) mass is 324 g/mol. The number of benzene rings is 2. The van der Waals surface area contributed by atoms with Crippen LogP contribution in [-0.2, 0) is 4.74 Å². The SMILES string of the molecule is CC(N)c1ccc(C(=O)N2CCCOC(c3ccccc3)C2)cc1. The van der Waals surface area contributed by atoms with Gasteiger partial charge >= 0.3 is 0 Å². The van der Waals surface area contributed by atoms with E-state index >= 15 is 0 Å². The summed E-state index contributed by atoms with van der Waals surface area (Å²) in [5.74, 6) is 0.0534. The van der Waals surface area contributed by atoms with Crippen molar-refractivity contribution in [1.82, 2.24) is 4.90 Å². The number of carbonyl (C=O) groups is 1. The second-order valence-corrected chi connectivity index (χ2v) is 6.29. The fourth-order valence-corrected chi connectivity index (χ4v) is 2.99. The number of ether oxygens (including phenoxy) is 1. The molecule has 0 bridgehead atoms. The molecule has 0 aromatic heterocycles. The van der Waals surface area contributed by atoms with E-state index in [4.69, 9.17) is 10.5 Å². The van der Waals surface area contributed by atoms with Crippen LogP contribution in [0.1, 0.15) is 47.0 Å². The molecule has 1 fully saturated rings. The molecule has 2 aromatic carbocycles. The Kier molecular flexibility index (Phi) is 5.28. The van der Waals surface area contributed by atoms with Gasteiger partial charge in [0.1, 0.15) is 6.10 Å². The van der Waals surface area contributed by atoms with Crippen LogP contribution in [0, 0.1) is 0 Å². The van der Waals surface area contributed by atoms with Gasteiger partial charge < -0.3 is 15.4 Å². The van der Waals surface area contributed by atoms with E-state index < -0.39 is 0 Å². The van der Waals surface area contributed by atoms with Crippen LogP contribution in [-0.4, -0.2) is 30.5 Å². The molecule has 24 heavy (non-hydrogen) atoms. The first-order chi connectivity index (χ1) is 11.6. The molecule has 3 rings (SSSR count). The Balaban J connectivity index is 1.75. The van der Waals surface area contributed by atoms with Gasteiger partial charge in [0.25, 0.3) is 5.91 Å². The Bertz CT molecular complexity index is 668. The van der Waals surface area contributed by atoms with Gasteiger partial charge in [0.15, 0.2) is 0 Å². The van der Waals surface area contributed by atoms with E-state index in [1.165, 1.54) is 0 Å². The van der Waals surface area contributed by atoms with E-state index in [0.717, 1.165) is 24.1 Å². The zero-order chi connectivity index (χ0) is 16.9. The highest BCUT2D eigenvalue weighted by Crippen LogP contribution is 2.23. The zero-order valence-corrected chi connectivity index (χ0v) is 14.0. The van der Waals surface area contributed by atoms with Crippen LogP contribution in [0.3, 0.4) is 0 Å². The van der Waals surface area contributed by atoms with Crippen LogP contribution < -0.4 is 5.73 Å². The van der Waals surface area contributed by atoms with Crippen molar-refractivity contribution in [2.24, 2.45) is 5.73 Å². The summed E-state index contributed by atoms with van der Waals surface area (Å²) in [5.41, 5.74) is 8.73. The van der Waals surface area contributed by atoms with Crippen molar-refractivity contribution < 1.29 is 9.53 Å². The topological polar surface area (TPSA) is 55.6 Å². The van der Waals surface area contributed by atoms with Crippen molar-refractivity contribution in [2.75, 3.05) is 19.7 Å². The largest absolute Gasteiger partial charge is 0.372 e. The number of hydrogen-bond donors (Lipinski definition) is 1. The molecule has 0 aliphatic carbocycles. The molecule has 1 heterocycles. The molecular formula is C20H24N2O2. The van der Waals surface area contributed by atoms with Gasteiger partial charge in [-0.2, -0.15) is 0 Å². The maximum absolute atomic E-state index is 12.8. The average Bonchev–Trinajstić information content (AvgIpc) is 2.88. The minimum absolute atomic E-state index is 0.0248. The number of nitrogens with zero attached hydrogens (tertiary/aromatic N) is 1. The number of carbonyl (C=O) groups excluding carboxylic acids is 1. The molecule has 4 heteroatoms. The number of hydrogen-bond acceptors (Lipinski definition) is 3. The summed E-state index contributed by atoms with van der Waals surface area (Å²) in [6.07, 6.45) is 0.786. The van der Waals surface area contributed by atoms with Gasteiger partial charge in [-0.3, -0.25) is 4.79 Å². The quantitative estimate of drug-likeness (QED) is 0.942. The predicted molar refractivity (Wildman–Crippen MR) is 94.7 cm³/mol. The lowest BCUT2D eigenvalue weighted by Crippen LogP contribution is -2.34. The maximum atomic E-state index is 12.8. The van der Waals surface area contributed by atoms with Gasteiger partial charge in [0.05, 0.1) is 6.54 Å². The Hall–Kier alpha value is -2.17. The molecule has 0 spiro atoms. The highest BCUT2D eigenvalue weighted by Gasteiger charge is 2.24. The van der Waals surface area contributed by atoms with Crippen molar-refractivity contribution in [3.63, 3.8) is 0 Å². The molecule has 2 unspecified atom stereocenters. The van der Waals surface area contributed by atoms with Crippen molar-refractivity contribution >= 4 is 5.91 Å². The Morgan fingerprint density at radius 2 is 1.88 bits per heavy atom. The van der Waals surface area contributed by atoms with Gasteiger partial charge in [0, 0.05) is 24.8 Å². The smallest absolute Gasteiger partial charge is 0.253 e. The summed E-state index contributed by atoms with van der Waals surface area (Å²) >= 11 is 0. The van der Waals surface area contributed by atoms with Crippen molar-refractivity contribution in [3.8, 4) is 0 Å². The second kappa shape index (κ2) is 7.60. The third-order valence-electron chi connectivity index (χ3n) is 4.42. The molecule has 1 aliphatic heterocycles. The molecule has 126 valence electrons. The zero-order valence-electron chi connectivity index (χ0n) is 14.0. The first-order valence-electron chi connectivity index (χ1n) is 8.46. The van der Waals surface area contributed by atoms with Crippen LogP contribution in [0.4, 0.5) is 0 Å². The summed E-state index contributed by atoms with van der Waals surface area (Å²) < 4.78 is 5.95. The Labute approximate surface area is 143 Å². The number of nitrogens with two attached hydrogens (primary N) is 1. The lowest BCUT2D eigenvalue weighted by Gasteiger charge is -2.24. The van der Waals surface area contributed by atoms with Crippen LogP contribution >= 0.6 is 0 Å². The summed E-state index contributed by atoms with van der Waals surface area (Å²) in [6, 6.07) is 17.7. The first-order valence-corrected chi connectivity index (χ1v) is 8.46. The first kappa shape index (κ1) is 16.7. The van der Waals surface area contributed by atoms with Crippen LogP contribution in [0.2, 0.25) is 0 Å². The van der Waals surface area contributed by atoms with Crippen molar-refractivity contribution in [3.05, 3.63) is 71.3 Å². The van der Waals surface area contributed by atoms with E-state index in [2.05, 4.69) is 12.1 Å². The molecule has 1 saturated heterocycles. The highest BCUT2D eigenvalue weighted by atomic mass is 16.5. The summed E-state index contributed by atoms with van der Waals surface area (Å²) in [7, 11) is 0. The minimum atomic E-state index is -0.0685. The van der Waals surface area contributed by atoms with Crippen molar-refractivity contribution in [1.29, 1.82) is 0 Å².